The quantitative estimate of drug-likeness (QED) is 0.313. The molecule has 2 aromatic carbocycles. The molecule has 0 bridgehead atoms. The summed E-state index contributed by atoms with van der Waals surface area (Å²) in [6.07, 6.45) is 0.823. The second-order valence-corrected chi connectivity index (χ2v) is 9.47. The van der Waals surface area contributed by atoms with Crippen molar-refractivity contribution >= 4 is 17.7 Å². The SMILES string of the molecule is Cc1nc(CC(C)C)c(NC(=O)N[C@@H](CC(=O)O)c2ccc(CN)cc2)c(=O)n1CCc1ccccc1. The van der Waals surface area contributed by atoms with E-state index in [0.717, 1.165) is 11.1 Å². The smallest absolute Gasteiger partial charge is 0.319 e. The number of carboxylic acid groups (broad SMARTS) is 1. The second kappa shape index (κ2) is 12.8. The van der Waals surface area contributed by atoms with Crippen LogP contribution in [0.3, 0.4) is 0 Å². The second-order valence-electron chi connectivity index (χ2n) is 9.47. The van der Waals surface area contributed by atoms with Gasteiger partial charge in [-0.15, -0.1) is 0 Å². The molecule has 0 fully saturated rings. The number of benzene rings is 2. The Hall–Kier alpha value is -3.98. The minimum atomic E-state index is -1.06. The zero-order valence-corrected chi connectivity index (χ0v) is 21.5. The largest absolute Gasteiger partial charge is 0.481 e. The fourth-order valence-electron chi connectivity index (χ4n) is 4.15. The third-order valence-electron chi connectivity index (χ3n) is 6.04. The molecular formula is C28H35N5O4. The van der Waals surface area contributed by atoms with Gasteiger partial charge >= 0.3 is 12.0 Å². The van der Waals surface area contributed by atoms with Crippen LogP contribution in [-0.2, 0) is 30.7 Å². The zero-order chi connectivity index (χ0) is 26.9. The lowest BCUT2D eigenvalue weighted by Gasteiger charge is -2.20. The maximum atomic E-state index is 13.5. The van der Waals surface area contributed by atoms with Crippen molar-refractivity contribution in [3.8, 4) is 0 Å². The Morgan fingerprint density at radius 3 is 2.32 bits per heavy atom. The highest BCUT2D eigenvalue weighted by molar-refractivity contribution is 5.90. The minimum absolute atomic E-state index is 0.109. The van der Waals surface area contributed by atoms with E-state index in [2.05, 4.69) is 15.6 Å². The number of aliphatic carboxylic acids is 1. The molecule has 0 saturated carbocycles. The van der Waals surface area contributed by atoms with Crippen LogP contribution in [0.5, 0.6) is 0 Å². The van der Waals surface area contributed by atoms with Crippen LogP contribution in [0.1, 0.15) is 54.5 Å². The number of carbonyl (C=O) groups excluding carboxylic acids is 1. The number of nitrogens with one attached hydrogen (secondary N) is 2. The molecule has 196 valence electrons. The predicted octanol–water partition coefficient (Wildman–Crippen LogP) is 3.79. The van der Waals surface area contributed by atoms with Crippen LogP contribution in [0.25, 0.3) is 0 Å². The molecule has 0 aliphatic carbocycles. The summed E-state index contributed by atoms with van der Waals surface area (Å²) in [6.45, 7) is 6.57. The van der Waals surface area contributed by atoms with Crippen LogP contribution in [0, 0.1) is 12.8 Å². The summed E-state index contributed by atoms with van der Waals surface area (Å²) in [7, 11) is 0. The third kappa shape index (κ3) is 7.75. The molecule has 0 aliphatic heterocycles. The number of nitrogens with zero attached hydrogens (tertiary/aromatic N) is 2. The Morgan fingerprint density at radius 2 is 1.73 bits per heavy atom. The average molecular weight is 506 g/mol. The zero-order valence-electron chi connectivity index (χ0n) is 21.5. The lowest BCUT2D eigenvalue weighted by Crippen LogP contribution is -2.38. The van der Waals surface area contributed by atoms with Gasteiger partial charge in [-0.25, -0.2) is 9.78 Å². The maximum Gasteiger partial charge on any atom is 0.319 e. The van der Waals surface area contributed by atoms with Crippen LogP contribution in [-0.4, -0.2) is 26.7 Å². The molecule has 1 heterocycles. The molecule has 0 saturated heterocycles. The van der Waals surface area contributed by atoms with Crippen LogP contribution in [0.4, 0.5) is 10.5 Å². The van der Waals surface area contributed by atoms with Gasteiger partial charge in [0, 0.05) is 13.1 Å². The number of hydrogen-bond donors (Lipinski definition) is 4. The lowest BCUT2D eigenvalue weighted by molar-refractivity contribution is -0.137. The first-order valence-electron chi connectivity index (χ1n) is 12.4. The van der Waals surface area contributed by atoms with E-state index >= 15 is 0 Å². The molecule has 0 aliphatic rings. The number of carboxylic acids is 1. The van der Waals surface area contributed by atoms with Crippen molar-refractivity contribution < 1.29 is 14.7 Å². The van der Waals surface area contributed by atoms with E-state index in [1.54, 1.807) is 35.8 Å². The molecule has 0 radical (unpaired) electrons. The van der Waals surface area contributed by atoms with Crippen molar-refractivity contribution in [3.63, 3.8) is 0 Å². The Morgan fingerprint density at radius 1 is 1.05 bits per heavy atom. The summed E-state index contributed by atoms with van der Waals surface area (Å²) < 4.78 is 1.56. The first kappa shape index (κ1) is 27.6. The molecule has 9 nitrogen and oxygen atoms in total. The van der Waals surface area contributed by atoms with E-state index < -0.39 is 18.0 Å². The highest BCUT2D eigenvalue weighted by Crippen LogP contribution is 2.19. The molecule has 3 rings (SSSR count). The summed E-state index contributed by atoms with van der Waals surface area (Å²) in [4.78, 5) is 42.7. The van der Waals surface area contributed by atoms with E-state index in [9.17, 15) is 19.5 Å². The van der Waals surface area contributed by atoms with E-state index in [-0.39, 0.29) is 23.6 Å². The first-order valence-corrected chi connectivity index (χ1v) is 12.4. The van der Waals surface area contributed by atoms with Crippen molar-refractivity contribution in [1.29, 1.82) is 0 Å². The van der Waals surface area contributed by atoms with Gasteiger partial charge in [-0.2, -0.15) is 0 Å². The van der Waals surface area contributed by atoms with E-state index in [1.807, 2.05) is 44.2 Å². The predicted molar refractivity (Wildman–Crippen MR) is 143 cm³/mol. The Kier molecular flexibility index (Phi) is 9.57. The third-order valence-corrected chi connectivity index (χ3v) is 6.04. The summed E-state index contributed by atoms with van der Waals surface area (Å²) in [5.74, 6) is -0.281. The monoisotopic (exact) mass is 505 g/mol. The Balaban J connectivity index is 1.88. The number of anilines is 1. The van der Waals surface area contributed by atoms with Gasteiger partial charge in [-0.3, -0.25) is 14.2 Å². The van der Waals surface area contributed by atoms with E-state index in [4.69, 9.17) is 5.73 Å². The molecule has 37 heavy (non-hydrogen) atoms. The molecule has 0 unspecified atom stereocenters. The first-order chi connectivity index (χ1) is 17.7. The van der Waals surface area contributed by atoms with Crippen LogP contribution < -0.4 is 21.9 Å². The van der Waals surface area contributed by atoms with E-state index in [0.29, 0.717) is 43.0 Å². The highest BCUT2D eigenvalue weighted by atomic mass is 16.4. The summed E-state index contributed by atoms with van der Waals surface area (Å²) in [5.41, 5.74) is 8.53. The Bertz CT molecular complexity index is 1270. The fraction of sp³-hybridized carbons (Fsp3) is 0.357. The van der Waals surface area contributed by atoms with Crippen molar-refractivity contribution in [3.05, 3.63) is 93.2 Å². The number of aromatic nitrogens is 2. The van der Waals surface area contributed by atoms with Gasteiger partial charge in [0.1, 0.15) is 11.5 Å². The number of hydrogen-bond acceptors (Lipinski definition) is 5. The lowest BCUT2D eigenvalue weighted by atomic mass is 10.0. The highest BCUT2D eigenvalue weighted by Gasteiger charge is 2.22. The summed E-state index contributed by atoms with van der Waals surface area (Å²) >= 11 is 0. The van der Waals surface area contributed by atoms with E-state index in [1.165, 1.54) is 0 Å². The average Bonchev–Trinajstić information content (AvgIpc) is 2.86. The molecule has 1 aromatic heterocycles. The molecule has 2 amide bonds. The maximum absolute atomic E-state index is 13.5. The van der Waals surface area contributed by atoms with Gasteiger partial charge in [-0.05, 0) is 42.4 Å². The van der Waals surface area contributed by atoms with Gasteiger partial charge < -0.3 is 21.5 Å². The molecule has 1 atom stereocenters. The fourth-order valence-corrected chi connectivity index (χ4v) is 4.15. The number of urea groups is 1. The van der Waals surface area contributed by atoms with Gasteiger partial charge in [-0.1, -0.05) is 68.4 Å². The molecule has 3 aromatic rings. The Labute approximate surface area is 216 Å². The van der Waals surface area contributed by atoms with Crippen LogP contribution >= 0.6 is 0 Å². The summed E-state index contributed by atoms with van der Waals surface area (Å²) in [6, 6.07) is 15.4. The van der Waals surface area contributed by atoms with Gasteiger partial charge in [0.15, 0.2) is 0 Å². The number of nitrogens with two attached hydrogens (primary N) is 1. The van der Waals surface area contributed by atoms with Crippen LogP contribution in [0.2, 0.25) is 0 Å². The van der Waals surface area contributed by atoms with Gasteiger partial charge in [0.25, 0.3) is 5.56 Å². The van der Waals surface area contributed by atoms with Gasteiger partial charge in [0.05, 0.1) is 18.2 Å². The number of rotatable bonds is 11. The minimum Gasteiger partial charge on any atom is -0.481 e. The van der Waals surface area contributed by atoms with Crippen molar-refractivity contribution in [2.24, 2.45) is 11.7 Å². The number of amides is 2. The summed E-state index contributed by atoms with van der Waals surface area (Å²) in [5, 5.41) is 14.8. The number of aryl methyl sites for hydroxylation is 2. The molecule has 9 heteroatoms. The standard InChI is InChI=1S/C28H35N5O4/c1-18(2)15-24-26(27(36)33(19(3)30-24)14-13-20-7-5-4-6-8-20)32-28(37)31-23(16-25(34)35)22-11-9-21(17-29)10-12-22/h4-12,18,23H,13-17,29H2,1-3H3,(H,34,35)(H2,31,32,37)/t23-/m0/s1. The molecule has 0 spiro atoms. The van der Waals surface area contributed by atoms with Crippen molar-refractivity contribution in [2.45, 2.75) is 59.2 Å². The molecular weight excluding hydrogens is 470 g/mol. The molecule has 5 N–H and O–H groups in total. The van der Waals surface area contributed by atoms with Crippen molar-refractivity contribution in [1.82, 2.24) is 14.9 Å². The van der Waals surface area contributed by atoms with Gasteiger partial charge in [0.2, 0.25) is 0 Å². The number of carbonyl (C=O) groups is 2. The van der Waals surface area contributed by atoms with Crippen molar-refractivity contribution in [2.75, 3.05) is 5.32 Å². The van der Waals surface area contributed by atoms with Crippen LogP contribution in [0.15, 0.2) is 59.4 Å². The topological polar surface area (TPSA) is 139 Å². The normalized spacial score (nSPS) is 11.8.